The standard InChI is InChI=1S/C25H28N4O4/c1-15(2)29-9-8-17-11-20(6-7-21(17)25(29)31)32-22-12-18(24(26)33-27)4-5-19(22)14-28-13-16(3)10-23(28)30/h4-9,11-12,15-16,26H,10,13-14,27H2,1-3H3/t16-/m0/s1. The maximum absolute atomic E-state index is 12.7. The molecule has 0 unspecified atom stereocenters. The molecule has 1 atom stereocenters. The van der Waals surface area contributed by atoms with E-state index in [0.29, 0.717) is 47.9 Å². The first-order valence-electron chi connectivity index (χ1n) is 11.0. The Balaban J connectivity index is 1.69. The van der Waals surface area contributed by atoms with Gasteiger partial charge in [-0.25, -0.2) is 0 Å². The number of likely N-dealkylation sites (tertiary alicyclic amines) is 1. The first-order valence-corrected chi connectivity index (χ1v) is 11.0. The molecule has 0 spiro atoms. The van der Waals surface area contributed by atoms with Gasteiger partial charge in [0, 0.05) is 48.3 Å². The molecule has 3 aromatic rings. The fourth-order valence-electron chi connectivity index (χ4n) is 4.16. The summed E-state index contributed by atoms with van der Waals surface area (Å²) in [4.78, 5) is 31.4. The van der Waals surface area contributed by atoms with Crippen molar-refractivity contribution < 1.29 is 14.4 Å². The van der Waals surface area contributed by atoms with Crippen LogP contribution in [0.4, 0.5) is 0 Å². The molecule has 2 heterocycles. The van der Waals surface area contributed by atoms with Crippen LogP contribution < -0.4 is 16.2 Å². The summed E-state index contributed by atoms with van der Waals surface area (Å²) in [6.45, 7) is 7.09. The average molecular weight is 449 g/mol. The van der Waals surface area contributed by atoms with Crippen LogP contribution in [0.5, 0.6) is 11.5 Å². The zero-order valence-corrected chi connectivity index (χ0v) is 19.0. The molecular weight excluding hydrogens is 420 g/mol. The summed E-state index contributed by atoms with van der Waals surface area (Å²) in [5.41, 5.74) is 1.21. The molecule has 8 heteroatoms. The predicted octanol–water partition coefficient (Wildman–Crippen LogP) is 3.96. The quantitative estimate of drug-likeness (QED) is 0.337. The third-order valence-corrected chi connectivity index (χ3v) is 5.90. The third-order valence-electron chi connectivity index (χ3n) is 5.90. The molecule has 33 heavy (non-hydrogen) atoms. The summed E-state index contributed by atoms with van der Waals surface area (Å²) >= 11 is 0. The Hall–Kier alpha value is -3.65. The van der Waals surface area contributed by atoms with E-state index in [2.05, 4.69) is 11.8 Å². The number of carbonyl (C=O) groups excluding carboxylic acids is 1. The van der Waals surface area contributed by atoms with E-state index in [0.717, 1.165) is 10.9 Å². The smallest absolute Gasteiger partial charge is 0.258 e. The highest BCUT2D eigenvalue weighted by atomic mass is 16.6. The highest BCUT2D eigenvalue weighted by Crippen LogP contribution is 2.31. The number of ether oxygens (including phenoxy) is 1. The number of fused-ring (bicyclic) bond motifs is 1. The number of carbonyl (C=O) groups is 1. The largest absolute Gasteiger partial charge is 0.457 e. The molecular formula is C25H28N4O4. The fourth-order valence-corrected chi connectivity index (χ4v) is 4.16. The van der Waals surface area contributed by atoms with Gasteiger partial charge in [0.15, 0.2) is 0 Å². The van der Waals surface area contributed by atoms with Crippen molar-refractivity contribution in [3.8, 4) is 11.5 Å². The molecule has 1 aliphatic rings. The van der Waals surface area contributed by atoms with Crippen molar-refractivity contribution in [1.82, 2.24) is 9.47 Å². The lowest BCUT2D eigenvalue weighted by molar-refractivity contribution is -0.128. The lowest BCUT2D eigenvalue weighted by Gasteiger charge is -2.19. The highest BCUT2D eigenvalue weighted by molar-refractivity contribution is 5.92. The predicted molar refractivity (Wildman–Crippen MR) is 126 cm³/mol. The van der Waals surface area contributed by atoms with Crippen LogP contribution >= 0.6 is 0 Å². The van der Waals surface area contributed by atoms with Crippen LogP contribution in [0.2, 0.25) is 0 Å². The van der Waals surface area contributed by atoms with E-state index < -0.39 is 0 Å². The Morgan fingerprint density at radius 1 is 1.18 bits per heavy atom. The van der Waals surface area contributed by atoms with E-state index in [-0.39, 0.29) is 23.4 Å². The van der Waals surface area contributed by atoms with Crippen LogP contribution in [0.25, 0.3) is 10.8 Å². The van der Waals surface area contributed by atoms with Gasteiger partial charge in [-0.15, -0.1) is 0 Å². The Labute approximate surface area is 192 Å². The van der Waals surface area contributed by atoms with Crippen LogP contribution in [-0.2, 0) is 16.2 Å². The summed E-state index contributed by atoms with van der Waals surface area (Å²) in [6.07, 6.45) is 2.32. The molecule has 8 nitrogen and oxygen atoms in total. The van der Waals surface area contributed by atoms with Crippen LogP contribution in [0, 0.1) is 11.3 Å². The normalized spacial score (nSPS) is 16.0. The lowest BCUT2D eigenvalue weighted by Crippen LogP contribution is -2.24. The Kier molecular flexibility index (Phi) is 6.20. The molecule has 1 saturated heterocycles. The molecule has 0 radical (unpaired) electrons. The van der Waals surface area contributed by atoms with E-state index in [1.807, 2.05) is 36.9 Å². The average Bonchev–Trinajstić information content (AvgIpc) is 3.10. The number of rotatable bonds is 6. The molecule has 2 aromatic carbocycles. The fraction of sp³-hybridized carbons (Fsp3) is 0.320. The van der Waals surface area contributed by atoms with Gasteiger partial charge in [-0.2, -0.15) is 5.90 Å². The lowest BCUT2D eigenvalue weighted by atomic mass is 10.1. The van der Waals surface area contributed by atoms with Gasteiger partial charge >= 0.3 is 0 Å². The van der Waals surface area contributed by atoms with Gasteiger partial charge in [0.2, 0.25) is 11.8 Å². The SMILES string of the molecule is CC(C)n1ccc2cc(Oc3cc(C(=N)ON)ccc3CN3C[C@@H](C)CC3=O)ccc2c1=O. The number of benzene rings is 2. The Bertz CT molecular complexity index is 1280. The van der Waals surface area contributed by atoms with Crippen molar-refractivity contribution >= 4 is 22.6 Å². The molecule has 0 saturated carbocycles. The monoisotopic (exact) mass is 448 g/mol. The molecule has 1 aromatic heterocycles. The second kappa shape index (κ2) is 9.07. The van der Waals surface area contributed by atoms with E-state index in [9.17, 15) is 9.59 Å². The number of aromatic nitrogens is 1. The first kappa shape index (κ1) is 22.5. The van der Waals surface area contributed by atoms with E-state index in [1.54, 1.807) is 35.0 Å². The highest BCUT2D eigenvalue weighted by Gasteiger charge is 2.27. The number of hydrogen-bond donors (Lipinski definition) is 2. The van der Waals surface area contributed by atoms with Gasteiger partial charge in [0.25, 0.3) is 5.56 Å². The molecule has 0 aliphatic carbocycles. The van der Waals surface area contributed by atoms with Crippen molar-refractivity contribution in [2.24, 2.45) is 11.8 Å². The van der Waals surface area contributed by atoms with Crippen molar-refractivity contribution in [2.45, 2.75) is 39.8 Å². The molecule has 1 fully saturated rings. The summed E-state index contributed by atoms with van der Waals surface area (Å²) in [6, 6.07) is 12.5. The minimum atomic E-state index is -0.190. The third kappa shape index (κ3) is 4.61. The summed E-state index contributed by atoms with van der Waals surface area (Å²) < 4.78 is 7.89. The Morgan fingerprint density at radius 2 is 1.97 bits per heavy atom. The Morgan fingerprint density at radius 3 is 2.64 bits per heavy atom. The van der Waals surface area contributed by atoms with Gasteiger partial charge in [-0.3, -0.25) is 15.0 Å². The summed E-state index contributed by atoms with van der Waals surface area (Å²) in [7, 11) is 0. The maximum atomic E-state index is 12.7. The molecule has 3 N–H and O–H groups in total. The molecule has 1 aliphatic heterocycles. The number of pyridine rings is 1. The topological polar surface area (TPSA) is 111 Å². The van der Waals surface area contributed by atoms with E-state index in [4.69, 9.17) is 16.0 Å². The molecule has 0 bridgehead atoms. The molecule has 4 rings (SSSR count). The van der Waals surface area contributed by atoms with Crippen LogP contribution in [0.1, 0.15) is 44.4 Å². The van der Waals surface area contributed by atoms with Crippen LogP contribution in [-0.4, -0.2) is 27.8 Å². The van der Waals surface area contributed by atoms with Crippen molar-refractivity contribution in [2.75, 3.05) is 6.54 Å². The number of nitrogens with two attached hydrogens (primary N) is 1. The first-order chi connectivity index (χ1) is 15.8. The van der Waals surface area contributed by atoms with Crippen molar-refractivity contribution in [3.63, 3.8) is 0 Å². The maximum Gasteiger partial charge on any atom is 0.258 e. The van der Waals surface area contributed by atoms with E-state index >= 15 is 0 Å². The second-order valence-corrected chi connectivity index (χ2v) is 8.83. The van der Waals surface area contributed by atoms with Gasteiger partial charge in [-0.05, 0) is 61.5 Å². The van der Waals surface area contributed by atoms with Gasteiger partial charge in [0.1, 0.15) is 11.5 Å². The number of nitrogens with zero attached hydrogens (tertiary/aromatic N) is 2. The van der Waals surface area contributed by atoms with Gasteiger partial charge < -0.3 is 19.0 Å². The van der Waals surface area contributed by atoms with Gasteiger partial charge in [0.05, 0.1) is 0 Å². The second-order valence-electron chi connectivity index (χ2n) is 8.83. The zero-order chi connectivity index (χ0) is 23.7. The number of hydrogen-bond acceptors (Lipinski definition) is 6. The minimum Gasteiger partial charge on any atom is -0.457 e. The van der Waals surface area contributed by atoms with Crippen LogP contribution in [0.3, 0.4) is 0 Å². The van der Waals surface area contributed by atoms with Crippen molar-refractivity contribution in [1.29, 1.82) is 5.41 Å². The number of nitrogens with one attached hydrogen (secondary N) is 1. The van der Waals surface area contributed by atoms with Gasteiger partial charge in [-0.1, -0.05) is 13.0 Å². The summed E-state index contributed by atoms with van der Waals surface area (Å²) in [5.74, 6) is 6.45. The minimum absolute atomic E-state index is 0.0491. The summed E-state index contributed by atoms with van der Waals surface area (Å²) in [5, 5.41) is 9.27. The molecule has 1 amide bonds. The zero-order valence-electron chi connectivity index (χ0n) is 19.0. The van der Waals surface area contributed by atoms with Crippen molar-refractivity contribution in [3.05, 3.63) is 70.1 Å². The van der Waals surface area contributed by atoms with Crippen LogP contribution in [0.15, 0.2) is 53.5 Å². The van der Waals surface area contributed by atoms with E-state index in [1.165, 1.54) is 0 Å². The number of amides is 1. The molecule has 172 valence electrons.